The van der Waals surface area contributed by atoms with E-state index in [1.165, 1.54) is 6.42 Å². The smallest absolute Gasteiger partial charge is 0.191 e. The highest BCUT2D eigenvalue weighted by molar-refractivity contribution is 14.0. The first-order valence-electron chi connectivity index (χ1n) is 9.57. The number of nitrogens with one attached hydrogen (secondary N) is 2. The van der Waals surface area contributed by atoms with Gasteiger partial charge in [-0.3, -0.25) is 9.89 Å². The summed E-state index contributed by atoms with van der Waals surface area (Å²) in [5, 5.41) is 6.58. The van der Waals surface area contributed by atoms with Crippen molar-refractivity contribution in [3.8, 4) is 0 Å². The summed E-state index contributed by atoms with van der Waals surface area (Å²) >= 11 is 0. The predicted molar refractivity (Wildman–Crippen MR) is 118 cm³/mol. The van der Waals surface area contributed by atoms with Crippen LogP contribution in [-0.4, -0.2) is 76.1 Å². The van der Waals surface area contributed by atoms with Crippen LogP contribution in [0, 0.1) is 0 Å². The number of ether oxygens (including phenoxy) is 2. The Balaban J connectivity index is 0. The van der Waals surface area contributed by atoms with Gasteiger partial charge in [0.15, 0.2) is 5.96 Å². The second kappa shape index (κ2) is 20.2. The lowest BCUT2D eigenvalue weighted by Crippen LogP contribution is -2.40. The van der Waals surface area contributed by atoms with Gasteiger partial charge in [0.2, 0.25) is 0 Å². The molecule has 0 aliphatic rings. The first-order chi connectivity index (χ1) is 11.7. The number of aliphatic imine (C=N–C) groups is 1. The number of nitrogens with zero attached hydrogens (tertiary/aromatic N) is 2. The van der Waals surface area contributed by atoms with Crippen LogP contribution in [0.4, 0.5) is 0 Å². The molecule has 6 nitrogen and oxygen atoms in total. The van der Waals surface area contributed by atoms with E-state index in [0.29, 0.717) is 25.9 Å². The van der Waals surface area contributed by atoms with Gasteiger partial charge in [0.25, 0.3) is 0 Å². The van der Waals surface area contributed by atoms with Crippen molar-refractivity contribution < 1.29 is 9.47 Å². The molecule has 0 aromatic heterocycles. The Bertz CT molecular complexity index is 305. The summed E-state index contributed by atoms with van der Waals surface area (Å²) in [5.41, 5.74) is 0. The molecule has 0 bridgehead atoms. The van der Waals surface area contributed by atoms with E-state index < -0.39 is 0 Å². The van der Waals surface area contributed by atoms with Crippen molar-refractivity contribution in [1.82, 2.24) is 15.5 Å². The summed E-state index contributed by atoms with van der Waals surface area (Å²) in [4.78, 5) is 7.04. The molecule has 2 N–H and O–H groups in total. The van der Waals surface area contributed by atoms with Crippen LogP contribution in [0.5, 0.6) is 0 Å². The van der Waals surface area contributed by atoms with Crippen molar-refractivity contribution in [3.63, 3.8) is 0 Å². The molecule has 7 heteroatoms. The van der Waals surface area contributed by atoms with Crippen LogP contribution < -0.4 is 10.6 Å². The highest BCUT2D eigenvalue weighted by Gasteiger charge is 2.05. The summed E-state index contributed by atoms with van der Waals surface area (Å²) in [7, 11) is 0. The zero-order valence-electron chi connectivity index (χ0n) is 17.0. The van der Waals surface area contributed by atoms with Crippen LogP contribution in [0.15, 0.2) is 4.99 Å². The van der Waals surface area contributed by atoms with Gasteiger partial charge >= 0.3 is 0 Å². The third-order valence-corrected chi connectivity index (χ3v) is 3.69. The Hall–Kier alpha value is -0.120. The Labute approximate surface area is 172 Å². The topological polar surface area (TPSA) is 58.1 Å². The number of likely N-dealkylation sites (N-methyl/N-ethyl adjacent to an activating group) is 1. The van der Waals surface area contributed by atoms with Crippen molar-refractivity contribution >= 4 is 29.9 Å². The van der Waals surface area contributed by atoms with E-state index in [1.807, 2.05) is 0 Å². The lowest BCUT2D eigenvalue weighted by atomic mass is 10.3. The summed E-state index contributed by atoms with van der Waals surface area (Å²) in [6.45, 7) is 18.2. The van der Waals surface area contributed by atoms with E-state index in [-0.39, 0.29) is 24.0 Å². The molecule has 0 spiro atoms. The maximum Gasteiger partial charge on any atom is 0.191 e. The minimum absolute atomic E-state index is 0. The Morgan fingerprint density at radius 1 is 1.00 bits per heavy atom. The molecule has 0 amide bonds. The standard InChI is InChI=1S/C18H40N4O2.HI/c1-6-9-13-23-15-16-24-14-11-21-18(19-7-2)20-10-12-22(8-3)17(4)5;/h17H,6-16H2,1-5H3,(H2,19,20,21);1H. The molecule has 152 valence electrons. The monoisotopic (exact) mass is 472 g/mol. The molecule has 25 heavy (non-hydrogen) atoms. The molecule has 0 fully saturated rings. The summed E-state index contributed by atoms with van der Waals surface area (Å²) in [6.07, 6.45) is 2.29. The molecule has 0 aliphatic heterocycles. The number of guanidine groups is 1. The molecule has 0 aliphatic carbocycles. The van der Waals surface area contributed by atoms with E-state index in [4.69, 9.17) is 9.47 Å². The largest absolute Gasteiger partial charge is 0.379 e. The number of halogens is 1. The maximum absolute atomic E-state index is 5.56. The molecule has 0 aromatic rings. The molecule has 0 heterocycles. The highest BCUT2D eigenvalue weighted by Crippen LogP contribution is 1.96. The Morgan fingerprint density at radius 2 is 1.68 bits per heavy atom. The van der Waals surface area contributed by atoms with Crippen LogP contribution in [0.1, 0.15) is 47.5 Å². The van der Waals surface area contributed by atoms with Gasteiger partial charge in [0.05, 0.1) is 26.4 Å². The van der Waals surface area contributed by atoms with Crippen LogP contribution >= 0.6 is 24.0 Å². The molecule has 0 rings (SSSR count). The number of rotatable bonds is 15. The number of unbranched alkanes of at least 4 members (excludes halogenated alkanes) is 1. The average molecular weight is 472 g/mol. The van der Waals surface area contributed by atoms with Crippen molar-refractivity contribution in [2.45, 2.75) is 53.5 Å². The van der Waals surface area contributed by atoms with Crippen molar-refractivity contribution in [1.29, 1.82) is 0 Å². The molecule has 0 radical (unpaired) electrons. The predicted octanol–water partition coefficient (Wildman–Crippen LogP) is 2.72. The van der Waals surface area contributed by atoms with E-state index in [0.717, 1.165) is 51.7 Å². The van der Waals surface area contributed by atoms with Gasteiger partial charge in [-0.1, -0.05) is 20.3 Å². The SMILES string of the molecule is CCCCOCCOCCNC(=NCCN(CC)C(C)C)NCC.I. The van der Waals surface area contributed by atoms with Gasteiger partial charge < -0.3 is 20.1 Å². The van der Waals surface area contributed by atoms with E-state index in [1.54, 1.807) is 0 Å². The normalized spacial score (nSPS) is 11.7. The lowest BCUT2D eigenvalue weighted by Gasteiger charge is -2.23. The van der Waals surface area contributed by atoms with Gasteiger partial charge in [0.1, 0.15) is 0 Å². The summed E-state index contributed by atoms with van der Waals surface area (Å²) in [6, 6.07) is 0.564. The second-order valence-electron chi connectivity index (χ2n) is 5.99. The van der Waals surface area contributed by atoms with E-state index in [9.17, 15) is 0 Å². The minimum Gasteiger partial charge on any atom is -0.379 e. The van der Waals surface area contributed by atoms with Gasteiger partial charge in [-0.05, 0) is 33.7 Å². The van der Waals surface area contributed by atoms with Crippen LogP contribution in [-0.2, 0) is 9.47 Å². The molecular weight excluding hydrogens is 431 g/mol. The van der Waals surface area contributed by atoms with Crippen molar-refractivity contribution in [2.75, 3.05) is 59.2 Å². The summed E-state index contributed by atoms with van der Waals surface area (Å²) < 4.78 is 11.0. The zero-order valence-corrected chi connectivity index (χ0v) is 19.3. The zero-order chi connectivity index (χ0) is 18.0. The van der Waals surface area contributed by atoms with E-state index in [2.05, 4.69) is 55.1 Å². The van der Waals surface area contributed by atoms with Crippen LogP contribution in [0.25, 0.3) is 0 Å². The second-order valence-corrected chi connectivity index (χ2v) is 5.99. The van der Waals surface area contributed by atoms with Crippen LogP contribution in [0.3, 0.4) is 0 Å². The first-order valence-corrected chi connectivity index (χ1v) is 9.57. The molecule has 0 saturated heterocycles. The number of hydrogen-bond acceptors (Lipinski definition) is 4. The van der Waals surface area contributed by atoms with Gasteiger partial charge in [0, 0.05) is 32.3 Å². The quantitative estimate of drug-likeness (QED) is 0.166. The Kier molecular flexibility index (Phi) is 21.9. The molecule has 0 saturated carbocycles. The maximum atomic E-state index is 5.56. The van der Waals surface area contributed by atoms with Crippen LogP contribution in [0.2, 0.25) is 0 Å². The number of hydrogen-bond donors (Lipinski definition) is 2. The van der Waals surface area contributed by atoms with Crippen molar-refractivity contribution in [3.05, 3.63) is 0 Å². The molecule has 0 unspecified atom stereocenters. The minimum atomic E-state index is 0. The third-order valence-electron chi connectivity index (χ3n) is 3.69. The molecular formula is C18H41IN4O2. The Morgan fingerprint density at radius 3 is 2.24 bits per heavy atom. The fourth-order valence-corrected chi connectivity index (χ4v) is 2.22. The van der Waals surface area contributed by atoms with Crippen molar-refractivity contribution in [2.24, 2.45) is 4.99 Å². The average Bonchev–Trinajstić information content (AvgIpc) is 2.56. The van der Waals surface area contributed by atoms with Gasteiger partial charge in [-0.25, -0.2) is 0 Å². The summed E-state index contributed by atoms with van der Waals surface area (Å²) in [5.74, 6) is 0.861. The van der Waals surface area contributed by atoms with E-state index >= 15 is 0 Å². The van der Waals surface area contributed by atoms with Gasteiger partial charge in [-0.15, -0.1) is 24.0 Å². The molecule has 0 aromatic carbocycles. The van der Waals surface area contributed by atoms with Gasteiger partial charge in [-0.2, -0.15) is 0 Å². The third kappa shape index (κ3) is 17.1. The lowest BCUT2D eigenvalue weighted by molar-refractivity contribution is 0.0487. The highest BCUT2D eigenvalue weighted by atomic mass is 127. The first kappa shape index (κ1) is 27.1. The fraction of sp³-hybridized carbons (Fsp3) is 0.944. The molecule has 0 atom stereocenters. The fourth-order valence-electron chi connectivity index (χ4n) is 2.22.